The molecule has 0 atom stereocenters. The van der Waals surface area contributed by atoms with Crippen molar-refractivity contribution in [2.75, 3.05) is 13.7 Å². The van der Waals surface area contributed by atoms with Crippen molar-refractivity contribution in [2.24, 2.45) is 0 Å². The Morgan fingerprint density at radius 1 is 1.75 bits per heavy atom. The molecule has 0 N–H and O–H groups in total. The highest BCUT2D eigenvalue weighted by molar-refractivity contribution is 5.86. The highest BCUT2D eigenvalue weighted by Gasteiger charge is 2.12. The van der Waals surface area contributed by atoms with E-state index in [9.17, 15) is 4.79 Å². The van der Waals surface area contributed by atoms with Crippen LogP contribution in [0.15, 0.2) is 10.7 Å². The minimum Gasteiger partial charge on any atom is -0.464 e. The van der Waals surface area contributed by atoms with Crippen LogP contribution in [0.3, 0.4) is 0 Å². The molecule has 0 aliphatic rings. The first-order chi connectivity index (χ1) is 5.77. The molecular weight excluding hydrogens is 162 g/mol. The van der Waals surface area contributed by atoms with Crippen molar-refractivity contribution in [3.05, 3.63) is 12.0 Å². The Labute approximate surface area is 69.3 Å². The van der Waals surface area contributed by atoms with E-state index in [1.807, 2.05) is 0 Å². The summed E-state index contributed by atoms with van der Waals surface area (Å²) in [6, 6.07) is 0. The predicted molar refractivity (Wildman–Crippen MR) is 39.0 cm³/mol. The lowest BCUT2D eigenvalue weighted by Gasteiger charge is -1.92. The molecule has 12 heavy (non-hydrogen) atoms. The summed E-state index contributed by atoms with van der Waals surface area (Å²) < 4.78 is 14.1. The van der Waals surface area contributed by atoms with Gasteiger partial charge in [-0.25, -0.2) is 4.79 Å². The van der Waals surface area contributed by atoms with Crippen molar-refractivity contribution < 1.29 is 18.7 Å². The number of nitrogens with zero attached hydrogens (tertiary/aromatic N) is 1. The first-order valence-electron chi connectivity index (χ1n) is 3.44. The lowest BCUT2D eigenvalue weighted by molar-refractivity contribution is 0.0593. The third-order valence-electron chi connectivity index (χ3n) is 1.15. The second kappa shape index (κ2) is 3.75. The maximum atomic E-state index is 10.8. The van der Waals surface area contributed by atoms with E-state index in [-0.39, 0.29) is 11.8 Å². The van der Waals surface area contributed by atoms with Gasteiger partial charge < -0.3 is 13.9 Å². The second-order valence-electron chi connectivity index (χ2n) is 1.92. The average molecular weight is 171 g/mol. The van der Waals surface area contributed by atoms with Gasteiger partial charge in [0.25, 0.3) is 0 Å². The zero-order valence-corrected chi connectivity index (χ0v) is 6.86. The van der Waals surface area contributed by atoms with E-state index < -0.39 is 5.97 Å². The number of aromatic nitrogens is 1. The van der Waals surface area contributed by atoms with Crippen LogP contribution in [-0.4, -0.2) is 24.7 Å². The zero-order valence-electron chi connectivity index (χ0n) is 6.86. The highest BCUT2D eigenvalue weighted by atomic mass is 16.6. The fraction of sp³-hybridized carbons (Fsp3) is 0.429. The van der Waals surface area contributed by atoms with E-state index in [1.54, 1.807) is 6.92 Å². The lowest BCUT2D eigenvalue weighted by atomic mass is 10.5. The Morgan fingerprint density at radius 3 is 3.08 bits per heavy atom. The Morgan fingerprint density at radius 2 is 2.50 bits per heavy atom. The fourth-order valence-electron chi connectivity index (χ4n) is 0.645. The highest BCUT2D eigenvalue weighted by Crippen LogP contribution is 2.10. The number of hydrogen-bond donors (Lipinski definition) is 0. The summed E-state index contributed by atoms with van der Waals surface area (Å²) in [4.78, 5) is 14.5. The summed E-state index contributed by atoms with van der Waals surface area (Å²) in [5, 5.41) is 0. The average Bonchev–Trinajstić information content (AvgIpc) is 2.52. The second-order valence-corrected chi connectivity index (χ2v) is 1.92. The molecule has 66 valence electrons. The number of hydrogen-bond acceptors (Lipinski definition) is 5. The topological polar surface area (TPSA) is 61.6 Å². The van der Waals surface area contributed by atoms with E-state index in [2.05, 4.69) is 9.72 Å². The zero-order chi connectivity index (χ0) is 8.97. The minimum absolute atomic E-state index is 0.0814. The van der Waals surface area contributed by atoms with Crippen LogP contribution in [-0.2, 0) is 4.74 Å². The quantitative estimate of drug-likeness (QED) is 0.631. The molecule has 1 aromatic rings. The summed E-state index contributed by atoms with van der Waals surface area (Å²) in [6.45, 7) is 2.24. The number of esters is 1. The van der Waals surface area contributed by atoms with Gasteiger partial charge in [-0.3, -0.25) is 0 Å². The van der Waals surface area contributed by atoms with Gasteiger partial charge in [0.15, 0.2) is 5.69 Å². The van der Waals surface area contributed by atoms with E-state index in [0.717, 1.165) is 0 Å². The summed E-state index contributed by atoms with van der Waals surface area (Å²) in [7, 11) is 1.28. The molecule has 0 amide bonds. The van der Waals surface area contributed by atoms with Crippen molar-refractivity contribution in [1.82, 2.24) is 4.98 Å². The number of ether oxygens (including phenoxy) is 2. The SMILES string of the molecule is CCOc1nc(C(=O)OC)co1. The molecule has 0 bridgehead atoms. The largest absolute Gasteiger partial charge is 0.464 e. The van der Waals surface area contributed by atoms with Crippen molar-refractivity contribution in [3.8, 4) is 6.08 Å². The van der Waals surface area contributed by atoms with Gasteiger partial charge in [-0.05, 0) is 6.92 Å². The molecule has 0 saturated carbocycles. The fourth-order valence-corrected chi connectivity index (χ4v) is 0.645. The first kappa shape index (κ1) is 8.58. The van der Waals surface area contributed by atoms with Gasteiger partial charge >= 0.3 is 12.0 Å². The molecule has 5 heteroatoms. The van der Waals surface area contributed by atoms with Crippen molar-refractivity contribution in [1.29, 1.82) is 0 Å². The van der Waals surface area contributed by atoms with Crippen LogP contribution in [0.25, 0.3) is 0 Å². The van der Waals surface area contributed by atoms with Crippen LogP contribution in [0.5, 0.6) is 6.08 Å². The van der Waals surface area contributed by atoms with Crippen LogP contribution >= 0.6 is 0 Å². The van der Waals surface area contributed by atoms with Crippen LogP contribution < -0.4 is 4.74 Å². The van der Waals surface area contributed by atoms with E-state index in [0.29, 0.717) is 6.61 Å². The third kappa shape index (κ3) is 1.75. The van der Waals surface area contributed by atoms with Crippen LogP contribution in [0.2, 0.25) is 0 Å². The van der Waals surface area contributed by atoms with Gasteiger partial charge in [-0.2, -0.15) is 4.98 Å². The van der Waals surface area contributed by atoms with Crippen LogP contribution in [0, 0.1) is 0 Å². The Kier molecular flexibility index (Phi) is 2.68. The molecule has 5 nitrogen and oxygen atoms in total. The molecule has 0 aliphatic heterocycles. The molecule has 0 aromatic carbocycles. The number of rotatable bonds is 3. The van der Waals surface area contributed by atoms with Gasteiger partial charge in [0.1, 0.15) is 6.26 Å². The molecule has 1 heterocycles. The van der Waals surface area contributed by atoms with Gasteiger partial charge in [-0.1, -0.05) is 0 Å². The van der Waals surface area contributed by atoms with Crippen molar-refractivity contribution >= 4 is 5.97 Å². The van der Waals surface area contributed by atoms with Gasteiger partial charge in [-0.15, -0.1) is 0 Å². The number of oxazole rings is 1. The molecule has 0 aliphatic carbocycles. The third-order valence-corrected chi connectivity index (χ3v) is 1.15. The monoisotopic (exact) mass is 171 g/mol. The molecule has 1 rings (SSSR count). The number of methoxy groups -OCH3 is 1. The normalized spacial score (nSPS) is 9.50. The maximum absolute atomic E-state index is 10.8. The summed E-state index contributed by atoms with van der Waals surface area (Å²) in [5.41, 5.74) is 0.112. The van der Waals surface area contributed by atoms with E-state index in [1.165, 1.54) is 13.4 Å². The van der Waals surface area contributed by atoms with Crippen LogP contribution in [0.1, 0.15) is 17.4 Å². The smallest absolute Gasteiger partial charge is 0.394 e. The molecule has 0 fully saturated rings. The molecular formula is C7H9NO4. The van der Waals surface area contributed by atoms with Crippen molar-refractivity contribution in [3.63, 3.8) is 0 Å². The Balaban J connectivity index is 2.70. The first-order valence-corrected chi connectivity index (χ1v) is 3.44. The summed E-state index contributed by atoms with van der Waals surface area (Å²) >= 11 is 0. The van der Waals surface area contributed by atoms with Gasteiger partial charge in [0.2, 0.25) is 0 Å². The predicted octanol–water partition coefficient (Wildman–Crippen LogP) is 0.860. The maximum Gasteiger partial charge on any atom is 0.394 e. The summed E-state index contributed by atoms with van der Waals surface area (Å²) in [6.07, 6.45) is 1.27. The molecule has 0 radical (unpaired) electrons. The van der Waals surface area contributed by atoms with Crippen LogP contribution in [0.4, 0.5) is 0 Å². The van der Waals surface area contributed by atoms with E-state index in [4.69, 9.17) is 9.15 Å². The van der Waals surface area contributed by atoms with Gasteiger partial charge in [0.05, 0.1) is 13.7 Å². The lowest BCUT2D eigenvalue weighted by Crippen LogP contribution is -2.01. The Bertz CT molecular complexity index is 268. The molecule has 0 saturated heterocycles. The number of carbonyl (C=O) groups is 1. The standard InChI is InChI=1S/C7H9NO4/c1-3-11-7-8-5(4-12-7)6(9)10-2/h4H,3H2,1-2H3. The molecule has 1 aromatic heterocycles. The molecule has 0 spiro atoms. The van der Waals surface area contributed by atoms with Gasteiger partial charge in [0, 0.05) is 0 Å². The van der Waals surface area contributed by atoms with E-state index >= 15 is 0 Å². The number of carbonyl (C=O) groups excluding carboxylic acids is 1. The summed E-state index contributed by atoms with van der Waals surface area (Å²) in [5.74, 6) is -0.537. The minimum atomic E-state index is -0.537. The Hall–Kier alpha value is -1.52. The molecule has 0 unspecified atom stereocenters. The van der Waals surface area contributed by atoms with Crippen molar-refractivity contribution in [2.45, 2.75) is 6.92 Å².